The Kier molecular flexibility index (Phi) is 11.1. The fraction of sp³-hybridized carbons (Fsp3) is 1.00. The second kappa shape index (κ2) is 9.18. The first-order chi connectivity index (χ1) is 7.19. The average molecular weight is 299 g/mol. The van der Waals surface area contributed by atoms with Crippen molar-refractivity contribution in [1.29, 1.82) is 0 Å². The van der Waals surface area contributed by atoms with E-state index in [1.165, 1.54) is 0 Å². The minimum atomic E-state index is -5.12. The fourth-order valence-corrected chi connectivity index (χ4v) is 3.22. The van der Waals surface area contributed by atoms with Gasteiger partial charge in [-0.15, -0.1) is 0 Å². The van der Waals surface area contributed by atoms with Crippen LogP contribution in [0.4, 0.5) is 0 Å². The van der Waals surface area contributed by atoms with Crippen LogP contribution in [0.1, 0.15) is 13.3 Å². The van der Waals surface area contributed by atoms with E-state index in [9.17, 15) is 14.0 Å². The summed E-state index contributed by atoms with van der Waals surface area (Å²) in [6.07, 6.45) is 0.379. The zero-order valence-corrected chi connectivity index (χ0v) is 13.6. The second-order valence-corrected chi connectivity index (χ2v) is 6.78. The van der Waals surface area contributed by atoms with Crippen LogP contribution >= 0.6 is 15.2 Å². The van der Waals surface area contributed by atoms with Crippen molar-refractivity contribution in [1.82, 2.24) is 5.32 Å². The van der Waals surface area contributed by atoms with Crippen LogP contribution in [0, 0.1) is 0 Å². The van der Waals surface area contributed by atoms with E-state index in [1.807, 2.05) is 0 Å². The molecule has 0 rings (SSSR count). The Balaban J connectivity index is 0. The van der Waals surface area contributed by atoms with Gasteiger partial charge < -0.3 is 28.9 Å². The van der Waals surface area contributed by atoms with Crippen molar-refractivity contribution in [2.24, 2.45) is 0 Å². The maximum absolute atomic E-state index is 10.8. The Morgan fingerprint density at radius 1 is 1.35 bits per heavy atom. The van der Waals surface area contributed by atoms with Gasteiger partial charge in [0.25, 0.3) is 0 Å². The molecule has 0 radical (unpaired) electrons. The van der Waals surface area contributed by atoms with Crippen molar-refractivity contribution < 1.29 is 63.0 Å². The predicted molar refractivity (Wildman–Crippen MR) is 54.8 cm³/mol. The smallest absolute Gasteiger partial charge is 0.777 e. The van der Waals surface area contributed by atoms with Crippen LogP contribution in [0.15, 0.2) is 0 Å². The molecule has 0 spiro atoms. The second-order valence-electron chi connectivity index (χ2n) is 3.03. The third-order valence-corrected chi connectivity index (χ3v) is 5.02. The standard InChI is InChI=1S/C6H17NO7P2.Na/c1-2-14-5-3-4-7-6(15(8,9)10)16(11,12)13;/h6-7H,2-5H2,1H3,(H2,8,9,10)(H2,11,12,13);/q;+1/p-1. The van der Waals surface area contributed by atoms with Gasteiger partial charge >= 0.3 is 37.2 Å². The normalized spacial score (nSPS) is 17.0. The maximum atomic E-state index is 10.8. The molecule has 4 N–H and O–H groups in total. The van der Waals surface area contributed by atoms with Gasteiger partial charge in [-0.25, -0.2) is 0 Å². The molecule has 0 amide bonds. The van der Waals surface area contributed by atoms with Crippen molar-refractivity contribution in [2.45, 2.75) is 18.9 Å². The van der Waals surface area contributed by atoms with Crippen molar-refractivity contribution in [3.05, 3.63) is 0 Å². The molecule has 0 aromatic carbocycles. The first kappa shape index (κ1) is 20.5. The van der Waals surface area contributed by atoms with Gasteiger partial charge in [0.1, 0.15) is 0 Å². The molecule has 0 saturated heterocycles. The van der Waals surface area contributed by atoms with Gasteiger partial charge in [0.15, 0.2) is 13.1 Å². The molecular weight excluding hydrogens is 283 g/mol. The van der Waals surface area contributed by atoms with Gasteiger partial charge in [0, 0.05) is 13.2 Å². The first-order valence-corrected chi connectivity index (χ1v) is 7.92. The molecule has 0 aromatic rings. The molecule has 0 fully saturated rings. The topological polar surface area (TPSA) is 139 Å². The molecular formula is C6H16NNaO7P2. The zero-order valence-electron chi connectivity index (χ0n) is 9.77. The Bertz CT molecular complexity index is 268. The largest absolute Gasteiger partial charge is 1.00 e. The Morgan fingerprint density at radius 2 is 1.88 bits per heavy atom. The molecule has 0 saturated carbocycles. The third kappa shape index (κ3) is 9.76. The minimum Gasteiger partial charge on any atom is -0.777 e. The van der Waals surface area contributed by atoms with E-state index in [0.717, 1.165) is 0 Å². The van der Waals surface area contributed by atoms with Gasteiger partial charge in [-0.05, 0) is 19.9 Å². The molecule has 0 aliphatic heterocycles. The third-order valence-electron chi connectivity index (χ3n) is 1.62. The van der Waals surface area contributed by atoms with E-state index in [2.05, 4.69) is 5.32 Å². The van der Waals surface area contributed by atoms with E-state index in [-0.39, 0.29) is 36.1 Å². The summed E-state index contributed by atoms with van der Waals surface area (Å²) in [7, 11) is -10.0. The molecule has 0 aromatic heterocycles. The number of hydrogen-bond acceptors (Lipinski definition) is 5. The minimum absolute atomic E-state index is 0. The summed E-state index contributed by atoms with van der Waals surface area (Å²) in [6, 6.07) is 0. The van der Waals surface area contributed by atoms with Gasteiger partial charge in [-0.3, -0.25) is 9.88 Å². The van der Waals surface area contributed by atoms with Crippen molar-refractivity contribution in [3.63, 3.8) is 0 Å². The van der Waals surface area contributed by atoms with Gasteiger partial charge in [-0.1, -0.05) is 0 Å². The summed E-state index contributed by atoms with van der Waals surface area (Å²) < 4.78 is 26.4. The van der Waals surface area contributed by atoms with Crippen molar-refractivity contribution in [3.8, 4) is 0 Å². The summed E-state index contributed by atoms with van der Waals surface area (Å²) >= 11 is 0. The molecule has 0 aliphatic carbocycles. The Morgan fingerprint density at radius 3 is 2.24 bits per heavy atom. The summed E-state index contributed by atoms with van der Waals surface area (Å²) in [6.45, 7) is 2.64. The number of ether oxygens (including phenoxy) is 1. The van der Waals surface area contributed by atoms with Crippen molar-refractivity contribution in [2.75, 3.05) is 19.8 Å². The van der Waals surface area contributed by atoms with E-state index in [0.29, 0.717) is 19.6 Å². The molecule has 8 nitrogen and oxygen atoms in total. The van der Waals surface area contributed by atoms with Gasteiger partial charge in [-0.2, -0.15) is 0 Å². The predicted octanol–water partition coefficient (Wildman–Crippen LogP) is -3.99. The number of hydrogen-bond donors (Lipinski definition) is 4. The van der Waals surface area contributed by atoms with Crippen molar-refractivity contribution >= 4 is 15.2 Å². The molecule has 11 heteroatoms. The average Bonchev–Trinajstić information content (AvgIpc) is 2.06. The molecule has 0 bridgehead atoms. The number of nitrogens with one attached hydrogen (secondary N) is 1. The van der Waals surface area contributed by atoms with Crippen LogP contribution in [0.3, 0.4) is 0 Å². The zero-order chi connectivity index (χ0) is 12.8. The van der Waals surface area contributed by atoms with Crippen LogP contribution in [0.5, 0.6) is 0 Å². The summed E-state index contributed by atoms with van der Waals surface area (Å²) in [5, 5.41) is 2.09. The monoisotopic (exact) mass is 299 g/mol. The number of rotatable bonds is 8. The van der Waals surface area contributed by atoms with E-state index in [1.54, 1.807) is 6.92 Å². The van der Waals surface area contributed by atoms with Crippen LogP contribution in [0.2, 0.25) is 0 Å². The molecule has 17 heavy (non-hydrogen) atoms. The van der Waals surface area contributed by atoms with E-state index >= 15 is 0 Å². The SMILES string of the molecule is CCOCCCNC(P(=O)([O-])O)P(=O)(O)O.[Na+]. The molecule has 0 aliphatic rings. The van der Waals surface area contributed by atoms with E-state index in [4.69, 9.17) is 19.4 Å². The quantitative estimate of drug-likeness (QED) is 0.202. The Hall–Kier alpha value is 1.22. The summed E-state index contributed by atoms with van der Waals surface area (Å²) in [4.78, 5) is 36.7. The molecule has 98 valence electrons. The van der Waals surface area contributed by atoms with Gasteiger partial charge in [0.2, 0.25) is 0 Å². The molecule has 2 unspecified atom stereocenters. The fourth-order valence-electron chi connectivity index (χ4n) is 0.974. The molecule has 2 atom stereocenters. The van der Waals surface area contributed by atoms with Crippen LogP contribution in [-0.4, -0.2) is 40.0 Å². The van der Waals surface area contributed by atoms with Crippen LogP contribution in [-0.2, 0) is 13.9 Å². The maximum Gasteiger partial charge on any atom is 1.00 e. The first-order valence-electron chi connectivity index (χ1n) is 4.59. The summed E-state index contributed by atoms with van der Waals surface area (Å²) in [5.74, 6) is 0. The summed E-state index contributed by atoms with van der Waals surface area (Å²) in [5.41, 5.74) is -2.25. The van der Waals surface area contributed by atoms with Crippen LogP contribution < -0.4 is 39.8 Å². The molecule has 0 heterocycles. The van der Waals surface area contributed by atoms with Crippen LogP contribution in [0.25, 0.3) is 0 Å². The van der Waals surface area contributed by atoms with Gasteiger partial charge in [0.05, 0.1) is 0 Å². The van der Waals surface area contributed by atoms with E-state index < -0.39 is 20.7 Å². The Labute approximate surface area is 122 Å².